The number of nitrogens with one attached hydrogen (secondary N) is 1. The standard InChI is InChI=1S/C17H11ClN4O2S/c18-10-3-4-14(23)12(8-10)21-17(24)11-9-20-22-13(5-6-19-16(11)22)15-2-1-7-25-15/h1-9,23H,(H,21,24). The number of hydrogen-bond donors (Lipinski definition) is 2. The molecule has 0 saturated carbocycles. The third-order valence-corrected chi connectivity index (χ3v) is 4.75. The van der Waals surface area contributed by atoms with Crippen molar-refractivity contribution < 1.29 is 9.90 Å². The number of fused-ring (bicyclic) bond motifs is 1. The molecule has 0 bridgehead atoms. The fourth-order valence-corrected chi connectivity index (χ4v) is 3.37. The van der Waals surface area contributed by atoms with Gasteiger partial charge in [-0.05, 0) is 35.7 Å². The summed E-state index contributed by atoms with van der Waals surface area (Å²) in [6.45, 7) is 0. The molecule has 0 aliphatic carbocycles. The number of thiophene rings is 1. The van der Waals surface area contributed by atoms with E-state index >= 15 is 0 Å². The third kappa shape index (κ3) is 2.84. The molecule has 0 spiro atoms. The minimum atomic E-state index is -0.427. The zero-order chi connectivity index (χ0) is 17.4. The summed E-state index contributed by atoms with van der Waals surface area (Å²) in [6, 6.07) is 10.2. The second kappa shape index (κ2) is 6.19. The Morgan fingerprint density at radius 1 is 1.28 bits per heavy atom. The summed E-state index contributed by atoms with van der Waals surface area (Å²) in [7, 11) is 0. The molecule has 6 nitrogen and oxygen atoms in total. The number of phenols is 1. The lowest BCUT2D eigenvalue weighted by Crippen LogP contribution is -2.12. The minimum absolute atomic E-state index is 0.0681. The lowest BCUT2D eigenvalue weighted by molar-refractivity contribution is 0.102. The van der Waals surface area contributed by atoms with Gasteiger partial charge in [0.25, 0.3) is 5.91 Å². The number of nitrogens with zero attached hydrogens (tertiary/aromatic N) is 3. The average Bonchev–Trinajstić information content (AvgIpc) is 3.27. The first-order valence-corrected chi connectivity index (χ1v) is 8.56. The normalized spacial score (nSPS) is 10.9. The number of phenolic OH excluding ortho intramolecular Hbond substituents is 1. The van der Waals surface area contributed by atoms with Crippen molar-refractivity contribution in [2.45, 2.75) is 0 Å². The Bertz CT molecular complexity index is 1080. The first-order chi connectivity index (χ1) is 12.1. The van der Waals surface area contributed by atoms with Crippen LogP contribution in [0.3, 0.4) is 0 Å². The summed E-state index contributed by atoms with van der Waals surface area (Å²) < 4.78 is 1.62. The molecule has 0 radical (unpaired) electrons. The molecule has 4 rings (SSSR count). The van der Waals surface area contributed by atoms with Gasteiger partial charge in [0.15, 0.2) is 5.65 Å². The number of benzene rings is 1. The van der Waals surface area contributed by atoms with Gasteiger partial charge in [0, 0.05) is 11.2 Å². The molecule has 2 N–H and O–H groups in total. The van der Waals surface area contributed by atoms with E-state index in [4.69, 9.17) is 11.6 Å². The van der Waals surface area contributed by atoms with Crippen molar-refractivity contribution in [3.63, 3.8) is 0 Å². The third-order valence-electron chi connectivity index (χ3n) is 3.63. The van der Waals surface area contributed by atoms with E-state index in [0.717, 1.165) is 10.6 Å². The number of amides is 1. The molecule has 4 aromatic rings. The fourth-order valence-electron chi connectivity index (χ4n) is 2.46. The van der Waals surface area contributed by atoms with Gasteiger partial charge in [-0.25, -0.2) is 9.50 Å². The van der Waals surface area contributed by atoms with E-state index in [2.05, 4.69) is 15.4 Å². The molecule has 0 aliphatic heterocycles. The Morgan fingerprint density at radius 2 is 2.16 bits per heavy atom. The zero-order valence-corrected chi connectivity index (χ0v) is 14.3. The van der Waals surface area contributed by atoms with Crippen LogP contribution in [-0.4, -0.2) is 25.6 Å². The number of anilines is 1. The molecule has 0 unspecified atom stereocenters. The molecule has 3 heterocycles. The van der Waals surface area contributed by atoms with E-state index in [1.807, 2.05) is 23.6 Å². The van der Waals surface area contributed by atoms with Crippen LogP contribution in [0.1, 0.15) is 10.4 Å². The second-order valence-corrected chi connectivity index (χ2v) is 6.60. The van der Waals surface area contributed by atoms with Crippen LogP contribution in [0.5, 0.6) is 5.75 Å². The maximum atomic E-state index is 12.6. The maximum Gasteiger partial charge on any atom is 0.261 e. The van der Waals surface area contributed by atoms with Crippen molar-refractivity contribution in [1.82, 2.24) is 14.6 Å². The molecule has 0 atom stereocenters. The van der Waals surface area contributed by atoms with Gasteiger partial charge in [0.1, 0.15) is 11.3 Å². The number of aromatic hydroxyl groups is 1. The highest BCUT2D eigenvalue weighted by Crippen LogP contribution is 2.28. The molecule has 0 aliphatic rings. The SMILES string of the molecule is O=C(Nc1cc(Cl)ccc1O)c1cnn2c(-c3cccs3)ccnc12. The lowest BCUT2D eigenvalue weighted by atomic mass is 10.2. The van der Waals surface area contributed by atoms with E-state index in [-0.39, 0.29) is 11.4 Å². The minimum Gasteiger partial charge on any atom is -0.506 e. The lowest BCUT2D eigenvalue weighted by Gasteiger charge is -2.07. The van der Waals surface area contributed by atoms with Crippen molar-refractivity contribution in [3.8, 4) is 16.3 Å². The molecule has 124 valence electrons. The van der Waals surface area contributed by atoms with Gasteiger partial charge in [-0.15, -0.1) is 11.3 Å². The molecule has 3 aromatic heterocycles. The Morgan fingerprint density at radius 3 is 2.96 bits per heavy atom. The van der Waals surface area contributed by atoms with Crippen molar-refractivity contribution in [2.75, 3.05) is 5.32 Å². The predicted molar refractivity (Wildman–Crippen MR) is 97.4 cm³/mol. The fraction of sp³-hybridized carbons (Fsp3) is 0. The van der Waals surface area contributed by atoms with Gasteiger partial charge in [0.05, 0.1) is 22.5 Å². The number of halogens is 1. The average molecular weight is 371 g/mol. The summed E-state index contributed by atoms with van der Waals surface area (Å²) >= 11 is 7.49. The van der Waals surface area contributed by atoms with Crippen LogP contribution in [-0.2, 0) is 0 Å². The van der Waals surface area contributed by atoms with E-state index in [1.165, 1.54) is 24.4 Å². The van der Waals surface area contributed by atoms with Crippen molar-refractivity contribution in [2.24, 2.45) is 0 Å². The molecule has 1 aromatic carbocycles. The Kier molecular flexibility index (Phi) is 3.87. The van der Waals surface area contributed by atoms with E-state index in [0.29, 0.717) is 16.2 Å². The number of carbonyl (C=O) groups is 1. The van der Waals surface area contributed by atoms with Crippen molar-refractivity contribution >= 4 is 40.2 Å². The molecule has 0 fully saturated rings. The van der Waals surface area contributed by atoms with E-state index < -0.39 is 5.91 Å². The van der Waals surface area contributed by atoms with Gasteiger partial charge < -0.3 is 10.4 Å². The van der Waals surface area contributed by atoms with Gasteiger partial charge in [-0.3, -0.25) is 4.79 Å². The highest BCUT2D eigenvalue weighted by molar-refractivity contribution is 7.13. The number of aromatic nitrogens is 3. The molecule has 25 heavy (non-hydrogen) atoms. The smallest absolute Gasteiger partial charge is 0.261 e. The summed E-state index contributed by atoms with van der Waals surface area (Å²) in [5.41, 5.74) is 1.82. The number of carbonyl (C=O) groups excluding carboxylic acids is 1. The van der Waals surface area contributed by atoms with Gasteiger partial charge >= 0.3 is 0 Å². The van der Waals surface area contributed by atoms with Crippen molar-refractivity contribution in [3.05, 3.63) is 64.8 Å². The monoisotopic (exact) mass is 370 g/mol. The van der Waals surface area contributed by atoms with Crippen LogP contribution in [0.15, 0.2) is 54.2 Å². The topological polar surface area (TPSA) is 79.5 Å². The second-order valence-electron chi connectivity index (χ2n) is 5.22. The molecular weight excluding hydrogens is 360 g/mol. The summed E-state index contributed by atoms with van der Waals surface area (Å²) in [4.78, 5) is 17.9. The first-order valence-electron chi connectivity index (χ1n) is 7.30. The largest absolute Gasteiger partial charge is 0.506 e. The molecule has 8 heteroatoms. The highest BCUT2D eigenvalue weighted by atomic mass is 35.5. The Hall–Kier alpha value is -2.90. The summed E-state index contributed by atoms with van der Waals surface area (Å²) in [5, 5.41) is 19.2. The van der Waals surface area contributed by atoms with E-state index in [1.54, 1.807) is 22.0 Å². The van der Waals surface area contributed by atoms with Crippen LogP contribution in [0, 0.1) is 0 Å². The van der Waals surface area contributed by atoms with Crippen LogP contribution >= 0.6 is 22.9 Å². The first kappa shape index (κ1) is 15.6. The molecule has 1 amide bonds. The number of hydrogen-bond acceptors (Lipinski definition) is 5. The van der Waals surface area contributed by atoms with E-state index in [9.17, 15) is 9.90 Å². The van der Waals surface area contributed by atoms with Gasteiger partial charge in [-0.2, -0.15) is 5.10 Å². The predicted octanol–water partition coefficient (Wildman–Crippen LogP) is 4.07. The van der Waals surface area contributed by atoms with Crippen LogP contribution < -0.4 is 5.32 Å². The molecule has 0 saturated heterocycles. The van der Waals surface area contributed by atoms with Crippen molar-refractivity contribution in [1.29, 1.82) is 0 Å². The quantitative estimate of drug-likeness (QED) is 0.533. The zero-order valence-electron chi connectivity index (χ0n) is 12.7. The van der Waals surface area contributed by atoms with Gasteiger partial charge in [0.2, 0.25) is 0 Å². The van der Waals surface area contributed by atoms with Gasteiger partial charge in [-0.1, -0.05) is 17.7 Å². The molecular formula is C17H11ClN4O2S. The van der Waals surface area contributed by atoms with Crippen LogP contribution in [0.2, 0.25) is 5.02 Å². The van der Waals surface area contributed by atoms with Crippen LogP contribution in [0.4, 0.5) is 5.69 Å². The summed E-state index contributed by atoms with van der Waals surface area (Å²) in [6.07, 6.45) is 3.09. The number of rotatable bonds is 3. The Balaban J connectivity index is 1.74. The summed E-state index contributed by atoms with van der Waals surface area (Å²) in [5.74, 6) is -0.496. The van der Waals surface area contributed by atoms with Crippen LogP contribution in [0.25, 0.3) is 16.2 Å². The maximum absolute atomic E-state index is 12.6. The highest BCUT2D eigenvalue weighted by Gasteiger charge is 2.17. The Labute approximate surface area is 151 Å².